The van der Waals surface area contributed by atoms with Gasteiger partial charge in [-0.3, -0.25) is 0 Å². The van der Waals surface area contributed by atoms with Gasteiger partial charge in [-0.25, -0.2) is 0 Å². The summed E-state index contributed by atoms with van der Waals surface area (Å²) in [6.45, 7) is 6.71. The first-order valence-corrected chi connectivity index (χ1v) is 6.89. The highest BCUT2D eigenvalue weighted by Crippen LogP contribution is 2.27. The van der Waals surface area contributed by atoms with Gasteiger partial charge in [0.1, 0.15) is 0 Å². The van der Waals surface area contributed by atoms with Gasteiger partial charge >= 0.3 is 0 Å². The van der Waals surface area contributed by atoms with Crippen molar-refractivity contribution in [3.05, 3.63) is 29.8 Å². The zero-order valence-electron chi connectivity index (χ0n) is 11.4. The second-order valence-corrected chi connectivity index (χ2v) is 5.20. The molecule has 1 heterocycles. The second-order valence-electron chi connectivity index (χ2n) is 5.20. The Kier molecular flexibility index (Phi) is 4.61. The number of aliphatic hydroxyl groups is 1. The summed E-state index contributed by atoms with van der Waals surface area (Å²) in [6, 6.07) is 9.44. The van der Waals surface area contributed by atoms with Crippen LogP contribution >= 0.6 is 0 Å². The number of hydrogen-bond donors (Lipinski definition) is 2. The smallest absolute Gasteiger partial charge is 0.0451 e. The molecule has 0 amide bonds. The molecule has 1 aromatic carbocycles. The highest BCUT2D eigenvalue weighted by Gasteiger charge is 2.26. The highest BCUT2D eigenvalue weighted by molar-refractivity contribution is 5.54. The van der Waals surface area contributed by atoms with Crippen LogP contribution in [-0.4, -0.2) is 36.9 Å². The number of para-hydroxylation sites is 1. The van der Waals surface area contributed by atoms with Crippen molar-refractivity contribution in [2.45, 2.75) is 38.8 Å². The Morgan fingerprint density at radius 2 is 2.17 bits per heavy atom. The molecule has 100 valence electrons. The molecule has 3 heteroatoms. The van der Waals surface area contributed by atoms with E-state index in [0.29, 0.717) is 12.1 Å². The first kappa shape index (κ1) is 13.4. The maximum atomic E-state index is 9.28. The summed E-state index contributed by atoms with van der Waals surface area (Å²) in [4.78, 5) is 2.49. The maximum Gasteiger partial charge on any atom is 0.0451 e. The van der Waals surface area contributed by atoms with Crippen LogP contribution in [0.2, 0.25) is 0 Å². The molecule has 2 N–H and O–H groups in total. The molecule has 0 aromatic heterocycles. The summed E-state index contributed by atoms with van der Waals surface area (Å²) in [7, 11) is 0. The molecule has 0 spiro atoms. The molecule has 1 aliphatic rings. The SMILES string of the molecule is Cc1ccccc1N1C(C)CCNCC1CCO. The van der Waals surface area contributed by atoms with E-state index in [2.05, 4.69) is 48.3 Å². The van der Waals surface area contributed by atoms with Crippen LogP contribution in [0.25, 0.3) is 0 Å². The standard InChI is InChI=1S/C15H24N2O/c1-12-5-3-4-6-15(12)17-13(2)7-9-16-11-14(17)8-10-18/h3-6,13-14,16,18H,7-11H2,1-2H3. The molecule has 3 nitrogen and oxygen atoms in total. The molecule has 0 aliphatic carbocycles. The number of rotatable bonds is 3. The van der Waals surface area contributed by atoms with E-state index in [1.54, 1.807) is 0 Å². The zero-order valence-corrected chi connectivity index (χ0v) is 11.4. The molecule has 1 fully saturated rings. The molecule has 0 bridgehead atoms. The van der Waals surface area contributed by atoms with E-state index in [1.807, 2.05) is 0 Å². The van der Waals surface area contributed by atoms with Gasteiger partial charge < -0.3 is 15.3 Å². The van der Waals surface area contributed by atoms with Gasteiger partial charge in [0.2, 0.25) is 0 Å². The summed E-state index contributed by atoms with van der Waals surface area (Å²) in [5.74, 6) is 0. The van der Waals surface area contributed by atoms with Gasteiger partial charge in [0.25, 0.3) is 0 Å². The monoisotopic (exact) mass is 248 g/mol. The van der Waals surface area contributed by atoms with Crippen LogP contribution < -0.4 is 10.2 Å². The van der Waals surface area contributed by atoms with Crippen LogP contribution in [-0.2, 0) is 0 Å². The van der Waals surface area contributed by atoms with Gasteiger partial charge in [0, 0.05) is 30.9 Å². The van der Waals surface area contributed by atoms with Gasteiger partial charge in [-0.2, -0.15) is 0 Å². The fourth-order valence-electron chi connectivity index (χ4n) is 2.85. The Bertz CT molecular complexity index is 381. The third kappa shape index (κ3) is 2.85. The number of nitrogens with one attached hydrogen (secondary N) is 1. The zero-order chi connectivity index (χ0) is 13.0. The van der Waals surface area contributed by atoms with Gasteiger partial charge in [0.05, 0.1) is 0 Å². The summed E-state index contributed by atoms with van der Waals surface area (Å²) >= 11 is 0. The average Bonchev–Trinajstić information content (AvgIpc) is 2.53. The summed E-state index contributed by atoms with van der Waals surface area (Å²) < 4.78 is 0. The lowest BCUT2D eigenvalue weighted by atomic mass is 10.1. The van der Waals surface area contributed by atoms with Gasteiger partial charge in [-0.15, -0.1) is 0 Å². The fourth-order valence-corrected chi connectivity index (χ4v) is 2.85. The quantitative estimate of drug-likeness (QED) is 0.858. The number of aryl methyl sites for hydroxylation is 1. The minimum atomic E-state index is 0.251. The summed E-state index contributed by atoms with van der Waals surface area (Å²) in [5.41, 5.74) is 2.63. The second kappa shape index (κ2) is 6.21. The number of aliphatic hydroxyl groups excluding tert-OH is 1. The van der Waals surface area contributed by atoms with E-state index in [0.717, 1.165) is 25.9 Å². The van der Waals surface area contributed by atoms with Gasteiger partial charge in [-0.1, -0.05) is 18.2 Å². The normalized spacial score (nSPS) is 24.9. The fraction of sp³-hybridized carbons (Fsp3) is 0.600. The Morgan fingerprint density at radius 3 is 2.89 bits per heavy atom. The topological polar surface area (TPSA) is 35.5 Å². The first-order valence-electron chi connectivity index (χ1n) is 6.89. The minimum Gasteiger partial charge on any atom is -0.396 e. The van der Waals surface area contributed by atoms with Crippen molar-refractivity contribution in [1.29, 1.82) is 0 Å². The Labute approximate surface area is 110 Å². The lowest BCUT2D eigenvalue weighted by Crippen LogP contribution is -2.44. The molecular weight excluding hydrogens is 224 g/mol. The molecule has 1 saturated heterocycles. The van der Waals surface area contributed by atoms with Crippen LogP contribution in [0.5, 0.6) is 0 Å². The molecule has 2 rings (SSSR count). The largest absolute Gasteiger partial charge is 0.396 e. The highest BCUT2D eigenvalue weighted by atomic mass is 16.3. The first-order chi connectivity index (χ1) is 8.74. The third-order valence-corrected chi connectivity index (χ3v) is 3.84. The lowest BCUT2D eigenvalue weighted by molar-refractivity contribution is 0.271. The molecule has 18 heavy (non-hydrogen) atoms. The van der Waals surface area contributed by atoms with Crippen LogP contribution in [0, 0.1) is 6.92 Å². The van der Waals surface area contributed by atoms with Crippen LogP contribution in [0.4, 0.5) is 5.69 Å². The summed E-state index contributed by atoms with van der Waals surface area (Å²) in [6.07, 6.45) is 1.97. The average molecular weight is 248 g/mol. The van der Waals surface area contributed by atoms with Crippen molar-refractivity contribution in [2.75, 3.05) is 24.6 Å². The van der Waals surface area contributed by atoms with Crippen molar-refractivity contribution < 1.29 is 5.11 Å². The van der Waals surface area contributed by atoms with Crippen molar-refractivity contribution in [1.82, 2.24) is 5.32 Å². The summed E-state index contributed by atoms with van der Waals surface area (Å²) in [5, 5.41) is 12.8. The van der Waals surface area contributed by atoms with E-state index in [1.165, 1.54) is 11.3 Å². The number of benzene rings is 1. The predicted octanol–water partition coefficient (Wildman–Crippen LogP) is 1.93. The lowest BCUT2D eigenvalue weighted by Gasteiger charge is -2.37. The molecule has 1 aromatic rings. The van der Waals surface area contributed by atoms with E-state index < -0.39 is 0 Å². The predicted molar refractivity (Wildman–Crippen MR) is 76.1 cm³/mol. The maximum absolute atomic E-state index is 9.28. The molecule has 0 saturated carbocycles. The van der Waals surface area contributed by atoms with Crippen molar-refractivity contribution >= 4 is 5.69 Å². The van der Waals surface area contributed by atoms with Gasteiger partial charge in [-0.05, 0) is 44.9 Å². The van der Waals surface area contributed by atoms with Crippen LogP contribution in [0.3, 0.4) is 0 Å². The number of hydrogen-bond acceptors (Lipinski definition) is 3. The Morgan fingerprint density at radius 1 is 1.39 bits per heavy atom. The Balaban J connectivity index is 2.31. The minimum absolute atomic E-state index is 0.251. The third-order valence-electron chi connectivity index (χ3n) is 3.84. The van der Waals surface area contributed by atoms with E-state index in [9.17, 15) is 5.11 Å². The molecule has 2 atom stereocenters. The molecule has 0 radical (unpaired) electrons. The molecule has 2 unspecified atom stereocenters. The van der Waals surface area contributed by atoms with Crippen molar-refractivity contribution in [2.24, 2.45) is 0 Å². The van der Waals surface area contributed by atoms with Crippen molar-refractivity contribution in [3.8, 4) is 0 Å². The van der Waals surface area contributed by atoms with E-state index >= 15 is 0 Å². The Hall–Kier alpha value is -1.06. The van der Waals surface area contributed by atoms with Crippen LogP contribution in [0.15, 0.2) is 24.3 Å². The number of nitrogens with zero attached hydrogens (tertiary/aromatic N) is 1. The van der Waals surface area contributed by atoms with Crippen molar-refractivity contribution in [3.63, 3.8) is 0 Å². The molecular formula is C15H24N2O. The van der Waals surface area contributed by atoms with Gasteiger partial charge in [0.15, 0.2) is 0 Å². The molecule has 1 aliphatic heterocycles. The van der Waals surface area contributed by atoms with E-state index in [-0.39, 0.29) is 6.61 Å². The van der Waals surface area contributed by atoms with E-state index in [4.69, 9.17) is 0 Å². The number of anilines is 1. The van der Waals surface area contributed by atoms with Crippen LogP contribution in [0.1, 0.15) is 25.3 Å².